The number of hydrogen-bond donors (Lipinski definition) is 1. The van der Waals surface area contributed by atoms with Crippen molar-refractivity contribution in [1.82, 2.24) is 15.2 Å². The lowest BCUT2D eigenvalue weighted by atomic mass is 9.71. The zero-order valence-corrected chi connectivity index (χ0v) is 21.9. The number of alkyl carbamates (subject to hydrolysis) is 1. The van der Waals surface area contributed by atoms with Crippen LogP contribution in [0.25, 0.3) is 22.4 Å². The SMILES string of the molecule is CCN1CCc2nc(-c3ccc(C4(NC(=O)OC(C)(C)C)CCC4)cc3)c(-c3ccccc3)cc2C1. The molecule has 1 N–H and O–H groups in total. The van der Waals surface area contributed by atoms with Gasteiger partial charge in [0.05, 0.1) is 11.2 Å². The topological polar surface area (TPSA) is 54.5 Å². The van der Waals surface area contributed by atoms with E-state index >= 15 is 0 Å². The number of aromatic nitrogens is 1. The molecule has 1 aliphatic carbocycles. The van der Waals surface area contributed by atoms with Gasteiger partial charge in [0.1, 0.15) is 5.60 Å². The van der Waals surface area contributed by atoms with Gasteiger partial charge in [-0.1, -0.05) is 61.5 Å². The van der Waals surface area contributed by atoms with Crippen molar-refractivity contribution in [3.05, 3.63) is 77.5 Å². The Morgan fingerprint density at radius 2 is 1.78 bits per heavy atom. The van der Waals surface area contributed by atoms with Gasteiger partial charge in [-0.15, -0.1) is 0 Å². The summed E-state index contributed by atoms with van der Waals surface area (Å²) >= 11 is 0. The molecule has 5 nitrogen and oxygen atoms in total. The Labute approximate surface area is 214 Å². The zero-order valence-electron chi connectivity index (χ0n) is 21.9. The number of pyridine rings is 1. The molecule has 1 aliphatic heterocycles. The fraction of sp³-hybridized carbons (Fsp3) is 0.419. The normalized spacial score (nSPS) is 17.1. The first-order valence-corrected chi connectivity index (χ1v) is 13.2. The summed E-state index contributed by atoms with van der Waals surface area (Å²) in [5.74, 6) is 0. The summed E-state index contributed by atoms with van der Waals surface area (Å²) < 4.78 is 5.55. The molecule has 0 atom stereocenters. The van der Waals surface area contributed by atoms with Crippen LogP contribution in [-0.4, -0.2) is 34.7 Å². The van der Waals surface area contributed by atoms with Crippen LogP contribution in [0.3, 0.4) is 0 Å². The highest BCUT2D eigenvalue weighted by Gasteiger charge is 2.41. The minimum Gasteiger partial charge on any atom is -0.444 e. The fourth-order valence-corrected chi connectivity index (χ4v) is 5.32. The smallest absolute Gasteiger partial charge is 0.408 e. The van der Waals surface area contributed by atoms with Crippen molar-refractivity contribution in [3.8, 4) is 22.4 Å². The molecule has 0 radical (unpaired) electrons. The molecule has 1 amide bonds. The Hall–Kier alpha value is -3.18. The van der Waals surface area contributed by atoms with Gasteiger partial charge in [0, 0.05) is 36.3 Å². The second-order valence-electron chi connectivity index (χ2n) is 11.1. The molecule has 0 bridgehead atoms. The molecular weight excluding hydrogens is 446 g/mol. The Morgan fingerprint density at radius 1 is 1.06 bits per heavy atom. The first-order chi connectivity index (χ1) is 17.3. The number of nitrogens with zero attached hydrogens (tertiary/aromatic N) is 2. The van der Waals surface area contributed by atoms with Crippen molar-refractivity contribution >= 4 is 6.09 Å². The number of carbonyl (C=O) groups excluding carboxylic acids is 1. The minimum absolute atomic E-state index is 0.351. The van der Waals surface area contributed by atoms with Crippen LogP contribution in [-0.2, 0) is 23.2 Å². The van der Waals surface area contributed by atoms with Gasteiger partial charge in [-0.25, -0.2) is 4.79 Å². The van der Waals surface area contributed by atoms with Gasteiger partial charge < -0.3 is 10.1 Å². The number of ether oxygens (including phenoxy) is 1. The van der Waals surface area contributed by atoms with E-state index in [-0.39, 0.29) is 11.6 Å². The van der Waals surface area contributed by atoms with Gasteiger partial charge in [-0.05, 0) is 69.3 Å². The summed E-state index contributed by atoms with van der Waals surface area (Å²) in [6.07, 6.45) is 3.57. The van der Waals surface area contributed by atoms with E-state index in [0.717, 1.165) is 62.1 Å². The van der Waals surface area contributed by atoms with Gasteiger partial charge in [-0.2, -0.15) is 0 Å². The number of rotatable bonds is 5. The van der Waals surface area contributed by atoms with Crippen LogP contribution in [0.2, 0.25) is 0 Å². The van der Waals surface area contributed by atoms with Gasteiger partial charge >= 0.3 is 6.09 Å². The van der Waals surface area contributed by atoms with Gasteiger partial charge in [0.25, 0.3) is 0 Å². The Bertz CT molecular complexity index is 1230. The van der Waals surface area contributed by atoms with E-state index in [9.17, 15) is 4.79 Å². The molecule has 36 heavy (non-hydrogen) atoms. The van der Waals surface area contributed by atoms with Crippen molar-refractivity contribution in [2.75, 3.05) is 13.1 Å². The Morgan fingerprint density at radius 3 is 2.39 bits per heavy atom. The summed E-state index contributed by atoms with van der Waals surface area (Å²) in [7, 11) is 0. The summed E-state index contributed by atoms with van der Waals surface area (Å²) in [6, 6.07) is 21.5. The minimum atomic E-state index is -0.515. The maximum Gasteiger partial charge on any atom is 0.408 e. The second-order valence-corrected chi connectivity index (χ2v) is 11.1. The van der Waals surface area contributed by atoms with Crippen LogP contribution < -0.4 is 5.32 Å². The van der Waals surface area contributed by atoms with Crippen LogP contribution in [0.15, 0.2) is 60.7 Å². The fourth-order valence-electron chi connectivity index (χ4n) is 5.32. The van der Waals surface area contributed by atoms with Crippen molar-refractivity contribution in [1.29, 1.82) is 0 Å². The van der Waals surface area contributed by atoms with Crippen LogP contribution in [0, 0.1) is 0 Å². The van der Waals surface area contributed by atoms with Crippen LogP contribution >= 0.6 is 0 Å². The number of nitrogens with one attached hydrogen (secondary N) is 1. The number of hydrogen-bond acceptors (Lipinski definition) is 4. The zero-order chi connectivity index (χ0) is 25.3. The first-order valence-electron chi connectivity index (χ1n) is 13.2. The molecule has 1 fully saturated rings. The molecule has 1 aromatic heterocycles. The van der Waals surface area contributed by atoms with Crippen LogP contribution in [0.5, 0.6) is 0 Å². The van der Waals surface area contributed by atoms with Crippen LogP contribution in [0.4, 0.5) is 4.79 Å². The number of fused-ring (bicyclic) bond motifs is 1. The van der Waals surface area contributed by atoms with Crippen molar-refractivity contribution in [3.63, 3.8) is 0 Å². The molecule has 0 unspecified atom stereocenters. The highest BCUT2D eigenvalue weighted by molar-refractivity contribution is 5.81. The quantitative estimate of drug-likeness (QED) is 0.439. The molecule has 2 heterocycles. The third kappa shape index (κ3) is 5.03. The highest BCUT2D eigenvalue weighted by Crippen LogP contribution is 2.42. The molecule has 0 spiro atoms. The summed E-state index contributed by atoms with van der Waals surface area (Å²) in [4.78, 5) is 20.3. The lowest BCUT2D eigenvalue weighted by Gasteiger charge is -2.43. The number of amides is 1. The largest absolute Gasteiger partial charge is 0.444 e. The molecule has 2 aliphatic rings. The molecule has 3 aromatic rings. The van der Waals surface area contributed by atoms with E-state index in [4.69, 9.17) is 9.72 Å². The molecule has 5 heteroatoms. The molecule has 188 valence electrons. The van der Waals surface area contributed by atoms with E-state index in [1.807, 2.05) is 20.8 Å². The van der Waals surface area contributed by atoms with E-state index in [0.29, 0.717) is 0 Å². The first kappa shape index (κ1) is 24.5. The maximum atomic E-state index is 12.6. The molecule has 5 rings (SSSR count). The maximum absolute atomic E-state index is 12.6. The molecule has 1 saturated carbocycles. The van der Waals surface area contributed by atoms with E-state index in [1.54, 1.807) is 0 Å². The van der Waals surface area contributed by atoms with Crippen molar-refractivity contribution < 1.29 is 9.53 Å². The predicted octanol–water partition coefficient (Wildman–Crippen LogP) is 6.70. The summed E-state index contributed by atoms with van der Waals surface area (Å²) in [5, 5.41) is 3.17. The van der Waals surface area contributed by atoms with Gasteiger partial charge in [0.15, 0.2) is 0 Å². The molecule has 2 aromatic carbocycles. The monoisotopic (exact) mass is 483 g/mol. The third-order valence-corrected chi connectivity index (χ3v) is 7.44. The van der Waals surface area contributed by atoms with Crippen molar-refractivity contribution in [2.24, 2.45) is 0 Å². The molecule has 0 saturated heterocycles. The average Bonchev–Trinajstić information content (AvgIpc) is 2.84. The average molecular weight is 484 g/mol. The number of benzene rings is 2. The Balaban J connectivity index is 1.48. The van der Waals surface area contributed by atoms with E-state index in [1.165, 1.54) is 22.4 Å². The van der Waals surface area contributed by atoms with E-state index < -0.39 is 5.60 Å². The Kier molecular flexibility index (Phi) is 6.60. The summed E-state index contributed by atoms with van der Waals surface area (Å²) in [6.45, 7) is 11.0. The van der Waals surface area contributed by atoms with Gasteiger partial charge in [0.2, 0.25) is 0 Å². The van der Waals surface area contributed by atoms with Crippen molar-refractivity contribution in [2.45, 2.75) is 71.1 Å². The predicted molar refractivity (Wildman–Crippen MR) is 145 cm³/mol. The highest BCUT2D eigenvalue weighted by atomic mass is 16.6. The van der Waals surface area contributed by atoms with Crippen LogP contribution in [0.1, 0.15) is 63.8 Å². The third-order valence-electron chi connectivity index (χ3n) is 7.44. The summed E-state index contributed by atoms with van der Waals surface area (Å²) in [5.41, 5.74) is 7.28. The van der Waals surface area contributed by atoms with E-state index in [2.05, 4.69) is 77.8 Å². The molecular formula is C31H37N3O2. The lowest BCUT2D eigenvalue weighted by Crippen LogP contribution is -2.52. The van der Waals surface area contributed by atoms with Gasteiger partial charge in [-0.3, -0.25) is 9.88 Å². The number of likely N-dealkylation sites (N-methyl/N-ethyl adjacent to an activating group) is 1. The lowest BCUT2D eigenvalue weighted by molar-refractivity contribution is 0.0377. The second kappa shape index (κ2) is 9.70. The number of carbonyl (C=O) groups is 1. The standard InChI is InChI=1S/C31H37N3O2/c1-5-34-19-16-27-24(21-34)20-26(22-10-7-6-8-11-22)28(32-27)23-12-14-25(15-13-23)31(17-9-18-31)33-29(35)36-30(2,3)4/h6-8,10-15,20H,5,9,16-19,21H2,1-4H3,(H,33,35).